The summed E-state index contributed by atoms with van der Waals surface area (Å²) in [6.45, 7) is 0. The number of hydrazone groups is 1. The molecule has 3 nitrogen and oxygen atoms in total. The van der Waals surface area contributed by atoms with Crippen molar-refractivity contribution in [3.05, 3.63) is 44.2 Å². The first-order chi connectivity index (χ1) is 8.15. The third-order valence-corrected chi connectivity index (χ3v) is 4.98. The van der Waals surface area contributed by atoms with Crippen LogP contribution in [0.3, 0.4) is 0 Å². The van der Waals surface area contributed by atoms with Gasteiger partial charge in [-0.25, -0.2) is 5.01 Å². The minimum absolute atomic E-state index is 0.0447. The van der Waals surface area contributed by atoms with Gasteiger partial charge in [-0.05, 0) is 23.9 Å². The molecular formula is C10H7Cl2N3S2. The lowest BCUT2D eigenvalue weighted by atomic mass is 10.2. The van der Waals surface area contributed by atoms with Gasteiger partial charge in [0.2, 0.25) is 0 Å². The second-order valence-corrected chi connectivity index (χ2v) is 6.33. The first-order valence-corrected chi connectivity index (χ1v) is 7.28. The molecule has 2 aliphatic heterocycles. The number of nitrogens with two attached hydrogens (primary N) is 1. The Kier molecular flexibility index (Phi) is 2.94. The second kappa shape index (κ2) is 4.31. The molecule has 2 heterocycles. The minimum Gasteiger partial charge on any atom is -0.377 e. The number of benzene rings is 1. The molecule has 0 spiro atoms. The molecule has 2 N–H and O–H groups in total. The van der Waals surface area contributed by atoms with Gasteiger partial charge in [0.15, 0.2) is 5.17 Å². The summed E-state index contributed by atoms with van der Waals surface area (Å²) in [5, 5.41) is 11.1. The van der Waals surface area contributed by atoms with Gasteiger partial charge in [-0.3, -0.25) is 0 Å². The average molecular weight is 304 g/mol. The van der Waals surface area contributed by atoms with E-state index < -0.39 is 0 Å². The Bertz CT molecular complexity index is 544. The van der Waals surface area contributed by atoms with Crippen LogP contribution in [0.2, 0.25) is 10.0 Å². The van der Waals surface area contributed by atoms with Crippen molar-refractivity contribution in [2.75, 3.05) is 0 Å². The third kappa shape index (κ3) is 2.01. The minimum atomic E-state index is 0.0447. The molecule has 7 heteroatoms. The quantitative estimate of drug-likeness (QED) is 0.856. The maximum atomic E-state index is 6.20. The van der Waals surface area contributed by atoms with Gasteiger partial charge in [-0.2, -0.15) is 0 Å². The highest BCUT2D eigenvalue weighted by Crippen LogP contribution is 2.50. The van der Waals surface area contributed by atoms with Crippen LogP contribution in [-0.4, -0.2) is 10.2 Å². The Balaban J connectivity index is 1.96. The van der Waals surface area contributed by atoms with Gasteiger partial charge in [-0.15, -0.1) is 5.10 Å². The van der Waals surface area contributed by atoms with Crippen molar-refractivity contribution in [1.82, 2.24) is 5.01 Å². The molecule has 1 atom stereocenters. The van der Waals surface area contributed by atoms with E-state index in [4.69, 9.17) is 28.9 Å². The largest absolute Gasteiger partial charge is 0.377 e. The highest BCUT2D eigenvalue weighted by molar-refractivity contribution is 8.18. The van der Waals surface area contributed by atoms with Gasteiger partial charge >= 0.3 is 0 Å². The number of amidine groups is 1. The van der Waals surface area contributed by atoms with Crippen LogP contribution < -0.4 is 5.73 Å². The predicted octanol–water partition coefficient (Wildman–Crippen LogP) is 3.82. The first-order valence-electron chi connectivity index (χ1n) is 4.77. The maximum absolute atomic E-state index is 6.20. The Morgan fingerprint density at radius 1 is 1.35 bits per heavy atom. The number of rotatable bonds is 1. The van der Waals surface area contributed by atoms with Crippen molar-refractivity contribution in [2.45, 2.75) is 5.37 Å². The van der Waals surface area contributed by atoms with Gasteiger partial charge < -0.3 is 5.73 Å². The molecule has 0 aliphatic carbocycles. The Labute approximate surface area is 117 Å². The van der Waals surface area contributed by atoms with E-state index >= 15 is 0 Å². The highest BCUT2D eigenvalue weighted by Gasteiger charge is 2.34. The summed E-state index contributed by atoms with van der Waals surface area (Å²) >= 11 is 15.2. The van der Waals surface area contributed by atoms with Crippen LogP contribution in [0.4, 0.5) is 0 Å². The van der Waals surface area contributed by atoms with Crippen LogP contribution in [0.25, 0.3) is 0 Å². The van der Waals surface area contributed by atoms with Crippen molar-refractivity contribution in [3.8, 4) is 0 Å². The average Bonchev–Trinajstić information content (AvgIpc) is 2.78. The zero-order valence-electron chi connectivity index (χ0n) is 8.43. The van der Waals surface area contributed by atoms with E-state index in [1.165, 1.54) is 11.8 Å². The fourth-order valence-corrected chi connectivity index (χ4v) is 4.23. The summed E-state index contributed by atoms with van der Waals surface area (Å²) in [4.78, 5) is 0. The van der Waals surface area contributed by atoms with E-state index in [2.05, 4.69) is 5.10 Å². The van der Waals surface area contributed by atoms with Crippen molar-refractivity contribution in [3.63, 3.8) is 0 Å². The van der Waals surface area contributed by atoms with Gasteiger partial charge in [0, 0.05) is 21.0 Å². The molecule has 0 bridgehead atoms. The monoisotopic (exact) mass is 303 g/mol. The lowest BCUT2D eigenvalue weighted by Crippen LogP contribution is -2.13. The Morgan fingerprint density at radius 3 is 2.94 bits per heavy atom. The summed E-state index contributed by atoms with van der Waals surface area (Å²) in [6.07, 6.45) is 0. The summed E-state index contributed by atoms with van der Waals surface area (Å²) in [5.74, 6) is 0. The van der Waals surface area contributed by atoms with Gasteiger partial charge in [-0.1, -0.05) is 41.0 Å². The number of hydrogen-bond acceptors (Lipinski definition) is 5. The third-order valence-electron chi connectivity index (χ3n) is 2.39. The molecule has 88 valence electrons. The van der Waals surface area contributed by atoms with Crippen molar-refractivity contribution in [2.24, 2.45) is 10.8 Å². The van der Waals surface area contributed by atoms with Crippen LogP contribution >= 0.6 is 46.7 Å². The summed E-state index contributed by atoms with van der Waals surface area (Å²) in [6, 6.07) is 5.50. The molecule has 0 aromatic heterocycles. The van der Waals surface area contributed by atoms with Crippen LogP contribution in [-0.2, 0) is 0 Å². The fraction of sp³-hybridized carbons (Fsp3) is 0.100. The standard InChI is InChI=1S/C10H7Cl2N3S2/c11-5-1-2-6(7(12)3-5)9-15-8(4-16-9)17-10(13)14-15/h1-4,9H,(H2,13,14)/t9-/m0/s1. The topological polar surface area (TPSA) is 41.6 Å². The van der Waals surface area contributed by atoms with Crippen LogP contribution in [0, 0.1) is 0 Å². The fourth-order valence-electron chi connectivity index (χ4n) is 1.66. The number of thioether (sulfide) groups is 2. The first kappa shape index (κ1) is 11.6. The van der Waals surface area contributed by atoms with Crippen LogP contribution in [0.5, 0.6) is 0 Å². The van der Waals surface area contributed by atoms with E-state index in [1.807, 2.05) is 22.5 Å². The van der Waals surface area contributed by atoms with E-state index in [0.29, 0.717) is 15.2 Å². The number of fused-ring (bicyclic) bond motifs is 1. The summed E-state index contributed by atoms with van der Waals surface area (Å²) in [7, 11) is 0. The molecule has 2 aliphatic rings. The molecule has 0 fully saturated rings. The lowest BCUT2D eigenvalue weighted by Gasteiger charge is -2.20. The predicted molar refractivity (Wildman–Crippen MR) is 75.9 cm³/mol. The second-order valence-electron chi connectivity index (χ2n) is 3.50. The van der Waals surface area contributed by atoms with E-state index in [1.54, 1.807) is 17.8 Å². The molecular weight excluding hydrogens is 297 g/mol. The zero-order valence-corrected chi connectivity index (χ0v) is 11.6. The number of hydrogen-bond donors (Lipinski definition) is 1. The molecule has 0 saturated carbocycles. The Hall–Kier alpha value is -0.490. The van der Waals surface area contributed by atoms with Gasteiger partial charge in [0.1, 0.15) is 10.4 Å². The van der Waals surface area contributed by atoms with Gasteiger partial charge in [0.05, 0.1) is 0 Å². The van der Waals surface area contributed by atoms with Crippen molar-refractivity contribution >= 4 is 51.9 Å². The van der Waals surface area contributed by atoms with Gasteiger partial charge in [0.25, 0.3) is 0 Å². The van der Waals surface area contributed by atoms with Crippen LogP contribution in [0.1, 0.15) is 10.9 Å². The Morgan fingerprint density at radius 2 is 2.18 bits per heavy atom. The zero-order chi connectivity index (χ0) is 12.0. The number of nitrogens with zero attached hydrogens (tertiary/aromatic N) is 2. The molecule has 0 saturated heterocycles. The molecule has 17 heavy (non-hydrogen) atoms. The molecule has 0 amide bonds. The van der Waals surface area contributed by atoms with E-state index in [9.17, 15) is 0 Å². The van der Waals surface area contributed by atoms with Crippen molar-refractivity contribution in [1.29, 1.82) is 0 Å². The van der Waals surface area contributed by atoms with E-state index in [0.717, 1.165) is 10.6 Å². The van der Waals surface area contributed by atoms with Crippen molar-refractivity contribution < 1.29 is 0 Å². The summed E-state index contributed by atoms with van der Waals surface area (Å²) in [5.41, 5.74) is 6.69. The molecule has 0 radical (unpaired) electrons. The normalized spacial score (nSPS) is 22.5. The number of halogens is 2. The highest BCUT2D eigenvalue weighted by atomic mass is 35.5. The molecule has 0 unspecified atom stereocenters. The lowest BCUT2D eigenvalue weighted by molar-refractivity contribution is 0.387. The summed E-state index contributed by atoms with van der Waals surface area (Å²) < 4.78 is 0. The SMILES string of the molecule is NC1=NN2C(=CS[C@H]2c2ccc(Cl)cc2Cl)S1. The molecule has 1 aromatic rings. The van der Waals surface area contributed by atoms with E-state index in [-0.39, 0.29) is 5.37 Å². The smallest absolute Gasteiger partial charge is 0.184 e. The maximum Gasteiger partial charge on any atom is 0.184 e. The molecule has 1 aromatic carbocycles. The molecule has 3 rings (SSSR count). The van der Waals surface area contributed by atoms with Crippen LogP contribution in [0.15, 0.2) is 33.7 Å².